The van der Waals surface area contributed by atoms with Crippen molar-refractivity contribution in [1.29, 1.82) is 0 Å². The fourth-order valence-electron chi connectivity index (χ4n) is 3.63. The predicted molar refractivity (Wildman–Crippen MR) is 109 cm³/mol. The van der Waals surface area contributed by atoms with E-state index in [4.69, 9.17) is 11.6 Å². The minimum atomic E-state index is -0.482. The quantitative estimate of drug-likeness (QED) is 0.789. The Balaban J connectivity index is 1.72. The number of likely N-dealkylation sites (tertiary alicyclic amines) is 1. The smallest absolute Gasteiger partial charge is 0.322 e. The van der Waals surface area contributed by atoms with Crippen LogP contribution in [0.3, 0.4) is 0 Å². The summed E-state index contributed by atoms with van der Waals surface area (Å²) in [4.78, 5) is 27.1. The molecule has 0 radical (unpaired) electrons. The van der Waals surface area contributed by atoms with Gasteiger partial charge in [-0.3, -0.25) is 4.79 Å². The highest BCUT2D eigenvalue weighted by atomic mass is 35.5. The highest BCUT2D eigenvalue weighted by Crippen LogP contribution is 2.25. The summed E-state index contributed by atoms with van der Waals surface area (Å²) in [6, 6.07) is 10.3. The van der Waals surface area contributed by atoms with Crippen LogP contribution in [0.25, 0.3) is 0 Å². The van der Waals surface area contributed by atoms with Crippen LogP contribution in [-0.4, -0.2) is 29.4 Å². The number of rotatable bonds is 3. The standard InChI is InChI=1S/C21H24ClN3O2/c1-13-10-14(2)19(15(3)11-13)24-20(26)18-8-5-9-25(18)21(27)23-17-7-4-6-16(22)12-17/h4,6-7,10-12,18H,5,8-9H2,1-3H3,(H,23,27)(H,24,26)/t18-/m1/s1. The normalized spacial score (nSPS) is 16.3. The van der Waals surface area contributed by atoms with E-state index in [1.54, 1.807) is 29.2 Å². The average molecular weight is 386 g/mol. The van der Waals surface area contributed by atoms with E-state index < -0.39 is 6.04 Å². The number of amides is 3. The Hall–Kier alpha value is -2.53. The number of carbonyl (C=O) groups is 2. The lowest BCUT2D eigenvalue weighted by Gasteiger charge is -2.25. The summed E-state index contributed by atoms with van der Waals surface area (Å²) in [5, 5.41) is 6.40. The summed E-state index contributed by atoms with van der Waals surface area (Å²) in [5.74, 6) is -0.149. The number of hydrogen-bond acceptors (Lipinski definition) is 2. The summed E-state index contributed by atoms with van der Waals surface area (Å²) in [6.45, 7) is 6.54. The molecule has 0 aromatic heterocycles. The lowest BCUT2D eigenvalue weighted by molar-refractivity contribution is -0.119. The Morgan fingerprint density at radius 1 is 1.07 bits per heavy atom. The fraction of sp³-hybridized carbons (Fsp3) is 0.333. The van der Waals surface area contributed by atoms with Crippen molar-refractivity contribution in [2.24, 2.45) is 0 Å². The van der Waals surface area contributed by atoms with E-state index in [-0.39, 0.29) is 11.9 Å². The van der Waals surface area contributed by atoms with Gasteiger partial charge in [0.2, 0.25) is 5.91 Å². The summed E-state index contributed by atoms with van der Waals surface area (Å²) >= 11 is 5.97. The van der Waals surface area contributed by atoms with Crippen molar-refractivity contribution < 1.29 is 9.59 Å². The summed E-state index contributed by atoms with van der Waals surface area (Å²) in [6.07, 6.45) is 1.45. The second kappa shape index (κ2) is 8.01. The van der Waals surface area contributed by atoms with E-state index in [1.165, 1.54) is 0 Å². The molecule has 1 atom stereocenters. The zero-order valence-corrected chi connectivity index (χ0v) is 16.6. The van der Waals surface area contributed by atoms with E-state index in [0.29, 0.717) is 23.7 Å². The van der Waals surface area contributed by atoms with E-state index in [0.717, 1.165) is 28.8 Å². The molecule has 0 unspecified atom stereocenters. The van der Waals surface area contributed by atoms with Crippen molar-refractivity contribution in [3.05, 3.63) is 58.1 Å². The number of urea groups is 1. The van der Waals surface area contributed by atoms with Crippen LogP contribution < -0.4 is 10.6 Å². The fourth-order valence-corrected chi connectivity index (χ4v) is 3.82. The molecule has 3 amide bonds. The molecule has 1 heterocycles. The first-order valence-corrected chi connectivity index (χ1v) is 9.45. The van der Waals surface area contributed by atoms with Crippen LogP contribution in [0.2, 0.25) is 5.02 Å². The number of halogens is 1. The Morgan fingerprint density at radius 2 is 1.78 bits per heavy atom. The number of nitrogens with zero attached hydrogens (tertiary/aromatic N) is 1. The Kier molecular flexibility index (Phi) is 5.71. The van der Waals surface area contributed by atoms with Gasteiger partial charge in [0, 0.05) is 22.9 Å². The maximum absolute atomic E-state index is 12.9. The van der Waals surface area contributed by atoms with Gasteiger partial charge in [0.1, 0.15) is 6.04 Å². The Bertz CT molecular complexity index is 858. The number of carbonyl (C=O) groups excluding carboxylic acids is 2. The molecule has 27 heavy (non-hydrogen) atoms. The minimum Gasteiger partial charge on any atom is -0.324 e. The van der Waals surface area contributed by atoms with E-state index >= 15 is 0 Å². The van der Waals surface area contributed by atoms with Crippen LogP contribution in [-0.2, 0) is 4.79 Å². The maximum Gasteiger partial charge on any atom is 0.322 e. The molecule has 5 nitrogen and oxygen atoms in total. The molecule has 3 rings (SSSR count). The van der Waals surface area contributed by atoms with Crippen molar-refractivity contribution >= 4 is 34.9 Å². The van der Waals surface area contributed by atoms with E-state index in [2.05, 4.69) is 10.6 Å². The van der Waals surface area contributed by atoms with Gasteiger partial charge in [-0.15, -0.1) is 0 Å². The van der Waals surface area contributed by atoms with Crippen LogP contribution in [0.5, 0.6) is 0 Å². The molecule has 1 aliphatic heterocycles. The zero-order chi connectivity index (χ0) is 19.6. The molecule has 2 aromatic carbocycles. The molecule has 1 aliphatic rings. The molecule has 2 aromatic rings. The van der Waals surface area contributed by atoms with Gasteiger partial charge in [-0.1, -0.05) is 35.4 Å². The number of hydrogen-bond donors (Lipinski definition) is 2. The average Bonchev–Trinajstić information content (AvgIpc) is 3.08. The molecule has 0 aliphatic carbocycles. The van der Waals surface area contributed by atoms with Crippen molar-refractivity contribution in [1.82, 2.24) is 4.90 Å². The molecule has 142 valence electrons. The highest BCUT2D eigenvalue weighted by molar-refractivity contribution is 6.30. The van der Waals surface area contributed by atoms with E-state index in [9.17, 15) is 9.59 Å². The third-order valence-corrected chi connectivity index (χ3v) is 5.05. The number of benzene rings is 2. The van der Waals surface area contributed by atoms with Gasteiger partial charge in [0.25, 0.3) is 0 Å². The van der Waals surface area contributed by atoms with Gasteiger partial charge in [0.05, 0.1) is 0 Å². The first-order valence-electron chi connectivity index (χ1n) is 9.07. The monoisotopic (exact) mass is 385 g/mol. The molecule has 0 bridgehead atoms. The first kappa shape index (κ1) is 19.2. The molecule has 6 heteroatoms. The summed E-state index contributed by atoms with van der Waals surface area (Å²) in [7, 11) is 0. The van der Waals surface area contributed by atoms with Gasteiger partial charge in [-0.05, 0) is 62.9 Å². The number of aryl methyl sites for hydroxylation is 3. The molecular weight excluding hydrogens is 362 g/mol. The molecular formula is C21H24ClN3O2. The minimum absolute atomic E-state index is 0.149. The lowest BCUT2D eigenvalue weighted by atomic mass is 10.0. The topological polar surface area (TPSA) is 61.4 Å². The van der Waals surface area contributed by atoms with Crippen molar-refractivity contribution in [2.45, 2.75) is 39.7 Å². The molecule has 1 saturated heterocycles. The van der Waals surface area contributed by atoms with Gasteiger partial charge in [-0.2, -0.15) is 0 Å². The number of anilines is 2. The maximum atomic E-state index is 12.9. The van der Waals surface area contributed by atoms with Gasteiger partial charge in [0.15, 0.2) is 0 Å². The Morgan fingerprint density at radius 3 is 2.44 bits per heavy atom. The number of nitrogens with one attached hydrogen (secondary N) is 2. The molecule has 2 N–H and O–H groups in total. The largest absolute Gasteiger partial charge is 0.324 e. The van der Waals surface area contributed by atoms with Crippen LogP contribution >= 0.6 is 11.6 Å². The lowest BCUT2D eigenvalue weighted by Crippen LogP contribution is -2.45. The van der Waals surface area contributed by atoms with Crippen LogP contribution in [0, 0.1) is 20.8 Å². The Labute approximate surface area is 164 Å². The second-order valence-corrected chi connectivity index (χ2v) is 7.49. The van der Waals surface area contributed by atoms with Crippen molar-refractivity contribution in [2.75, 3.05) is 17.2 Å². The highest BCUT2D eigenvalue weighted by Gasteiger charge is 2.34. The van der Waals surface area contributed by atoms with Gasteiger partial charge in [-0.25, -0.2) is 4.79 Å². The molecule has 0 saturated carbocycles. The van der Waals surface area contributed by atoms with Gasteiger partial charge >= 0.3 is 6.03 Å². The van der Waals surface area contributed by atoms with Crippen molar-refractivity contribution in [3.63, 3.8) is 0 Å². The van der Waals surface area contributed by atoms with Crippen molar-refractivity contribution in [3.8, 4) is 0 Å². The third-order valence-electron chi connectivity index (χ3n) is 4.82. The molecule has 0 spiro atoms. The summed E-state index contributed by atoms with van der Waals surface area (Å²) in [5.41, 5.74) is 4.64. The van der Waals surface area contributed by atoms with Crippen LogP contribution in [0.4, 0.5) is 16.2 Å². The van der Waals surface area contributed by atoms with Crippen LogP contribution in [0.15, 0.2) is 36.4 Å². The first-order chi connectivity index (χ1) is 12.8. The SMILES string of the molecule is Cc1cc(C)c(NC(=O)[C@H]2CCCN2C(=O)Nc2cccc(Cl)c2)c(C)c1. The predicted octanol–water partition coefficient (Wildman–Crippen LogP) is 4.90. The van der Waals surface area contributed by atoms with Gasteiger partial charge < -0.3 is 15.5 Å². The second-order valence-electron chi connectivity index (χ2n) is 7.05. The molecule has 1 fully saturated rings. The van der Waals surface area contributed by atoms with Crippen LogP contribution in [0.1, 0.15) is 29.5 Å². The van der Waals surface area contributed by atoms with E-state index in [1.807, 2.05) is 32.9 Å². The summed E-state index contributed by atoms with van der Waals surface area (Å²) < 4.78 is 0. The third kappa shape index (κ3) is 4.42. The zero-order valence-electron chi connectivity index (χ0n) is 15.8.